The van der Waals surface area contributed by atoms with Gasteiger partial charge in [0, 0.05) is 5.69 Å². The van der Waals surface area contributed by atoms with E-state index in [1.807, 2.05) is 0 Å². The van der Waals surface area contributed by atoms with Gasteiger partial charge in [0.25, 0.3) is 0 Å². The van der Waals surface area contributed by atoms with Crippen LogP contribution in [-0.4, -0.2) is 25.2 Å². The van der Waals surface area contributed by atoms with Crippen molar-refractivity contribution < 1.29 is 32.2 Å². The number of benzene rings is 1. The number of esters is 2. The Hall–Kier alpha value is -2.51. The highest BCUT2D eigenvalue weighted by Gasteiger charge is 2.30. The predicted molar refractivity (Wildman–Crippen MR) is 76.4 cm³/mol. The Bertz CT molecular complexity index is 579. The zero-order valence-corrected chi connectivity index (χ0v) is 12.6. The average molecular weight is 331 g/mol. The van der Waals surface area contributed by atoms with Crippen molar-refractivity contribution >= 4 is 17.6 Å². The van der Waals surface area contributed by atoms with Crippen LogP contribution in [0.15, 0.2) is 36.0 Å². The van der Waals surface area contributed by atoms with Crippen LogP contribution in [-0.2, 0) is 25.2 Å². The van der Waals surface area contributed by atoms with Gasteiger partial charge in [-0.15, -0.1) is 0 Å². The van der Waals surface area contributed by atoms with Gasteiger partial charge in [0.05, 0.1) is 24.9 Å². The largest absolute Gasteiger partial charge is 0.463 e. The van der Waals surface area contributed by atoms with E-state index in [0.717, 1.165) is 30.3 Å². The van der Waals surface area contributed by atoms with E-state index in [4.69, 9.17) is 9.47 Å². The molecule has 0 amide bonds. The van der Waals surface area contributed by atoms with Gasteiger partial charge >= 0.3 is 18.1 Å². The normalized spacial score (nSPS) is 11.8. The monoisotopic (exact) mass is 331 g/mol. The molecule has 23 heavy (non-hydrogen) atoms. The van der Waals surface area contributed by atoms with Crippen molar-refractivity contribution in [2.24, 2.45) is 0 Å². The van der Waals surface area contributed by atoms with E-state index in [9.17, 15) is 22.8 Å². The number of anilines is 1. The summed E-state index contributed by atoms with van der Waals surface area (Å²) in [4.78, 5) is 23.2. The Balaban J connectivity index is 2.96. The van der Waals surface area contributed by atoms with Crippen molar-refractivity contribution in [3.8, 4) is 0 Å². The summed E-state index contributed by atoms with van der Waals surface area (Å²) in [6.45, 7) is 3.37. The highest BCUT2D eigenvalue weighted by molar-refractivity contribution is 5.98. The van der Waals surface area contributed by atoms with Crippen LogP contribution in [0.2, 0.25) is 0 Å². The second-order valence-electron chi connectivity index (χ2n) is 4.23. The molecule has 1 aromatic carbocycles. The molecule has 5 nitrogen and oxygen atoms in total. The molecule has 0 unspecified atom stereocenters. The molecule has 0 aliphatic heterocycles. The zero-order valence-electron chi connectivity index (χ0n) is 12.6. The van der Waals surface area contributed by atoms with E-state index in [0.29, 0.717) is 0 Å². The Kier molecular flexibility index (Phi) is 6.62. The lowest BCUT2D eigenvalue weighted by atomic mass is 10.2. The highest BCUT2D eigenvalue weighted by atomic mass is 19.4. The fourth-order valence-electron chi connectivity index (χ4n) is 1.55. The molecule has 1 aromatic rings. The highest BCUT2D eigenvalue weighted by Crippen LogP contribution is 2.30. The molecule has 1 N–H and O–H groups in total. The third kappa shape index (κ3) is 6.01. The van der Waals surface area contributed by atoms with Crippen LogP contribution in [0.5, 0.6) is 0 Å². The summed E-state index contributed by atoms with van der Waals surface area (Å²) < 4.78 is 47.0. The van der Waals surface area contributed by atoms with Gasteiger partial charge in [-0.25, -0.2) is 9.59 Å². The van der Waals surface area contributed by atoms with Gasteiger partial charge in [-0.2, -0.15) is 13.2 Å². The standard InChI is InChI=1S/C15H16F3NO4/c1-3-22-13(20)9-12(14(21)23-4-2)19-11-7-5-10(6-8-11)15(16,17)18/h5-9,19H,3-4H2,1-2H3/b12-9-. The molecular weight excluding hydrogens is 315 g/mol. The van der Waals surface area contributed by atoms with Crippen molar-refractivity contribution in [1.29, 1.82) is 0 Å². The van der Waals surface area contributed by atoms with Gasteiger partial charge in [0.15, 0.2) is 0 Å². The van der Waals surface area contributed by atoms with E-state index >= 15 is 0 Å². The van der Waals surface area contributed by atoms with Gasteiger partial charge < -0.3 is 14.8 Å². The van der Waals surface area contributed by atoms with Crippen molar-refractivity contribution in [1.82, 2.24) is 0 Å². The second kappa shape index (κ2) is 8.21. The minimum Gasteiger partial charge on any atom is -0.463 e. The third-order valence-electron chi connectivity index (χ3n) is 2.54. The summed E-state index contributed by atoms with van der Waals surface area (Å²) in [5, 5.41) is 2.55. The molecule has 0 saturated heterocycles. The smallest absolute Gasteiger partial charge is 0.416 e. The molecule has 8 heteroatoms. The second-order valence-corrected chi connectivity index (χ2v) is 4.23. The fourth-order valence-corrected chi connectivity index (χ4v) is 1.55. The molecule has 0 fully saturated rings. The number of hydrogen-bond donors (Lipinski definition) is 1. The predicted octanol–water partition coefficient (Wildman–Crippen LogP) is 3.13. The number of hydrogen-bond acceptors (Lipinski definition) is 5. The number of ether oxygens (including phenoxy) is 2. The Morgan fingerprint density at radius 1 is 1.09 bits per heavy atom. The van der Waals surface area contributed by atoms with E-state index in [1.165, 1.54) is 0 Å². The van der Waals surface area contributed by atoms with Crippen molar-refractivity contribution in [3.63, 3.8) is 0 Å². The SMILES string of the molecule is CCOC(=O)/C=C(\Nc1ccc(C(F)(F)F)cc1)C(=O)OCC. The molecule has 0 heterocycles. The maximum Gasteiger partial charge on any atom is 0.416 e. The fraction of sp³-hybridized carbons (Fsp3) is 0.333. The number of carbonyl (C=O) groups excluding carboxylic acids is 2. The number of carbonyl (C=O) groups is 2. The molecule has 0 atom stereocenters. The number of nitrogens with one attached hydrogen (secondary N) is 1. The Morgan fingerprint density at radius 2 is 1.65 bits per heavy atom. The summed E-state index contributed by atoms with van der Waals surface area (Å²) in [7, 11) is 0. The number of halogens is 3. The first kappa shape index (κ1) is 18.5. The van der Waals surface area contributed by atoms with Crippen molar-refractivity contribution in [2.45, 2.75) is 20.0 Å². The Morgan fingerprint density at radius 3 is 2.13 bits per heavy atom. The minimum absolute atomic E-state index is 0.0771. The maximum atomic E-state index is 12.5. The Labute approximate surface area is 131 Å². The minimum atomic E-state index is -4.46. The first-order valence-electron chi connectivity index (χ1n) is 6.77. The first-order valence-corrected chi connectivity index (χ1v) is 6.77. The van der Waals surface area contributed by atoms with E-state index < -0.39 is 23.7 Å². The molecule has 0 bridgehead atoms. The van der Waals surface area contributed by atoms with Crippen LogP contribution in [0.25, 0.3) is 0 Å². The first-order chi connectivity index (χ1) is 10.8. The van der Waals surface area contributed by atoms with E-state index in [-0.39, 0.29) is 24.6 Å². The molecule has 0 aromatic heterocycles. The topological polar surface area (TPSA) is 64.6 Å². The van der Waals surface area contributed by atoms with E-state index in [1.54, 1.807) is 13.8 Å². The van der Waals surface area contributed by atoms with Crippen LogP contribution >= 0.6 is 0 Å². The lowest BCUT2D eigenvalue weighted by molar-refractivity contribution is -0.140. The molecule has 0 spiro atoms. The van der Waals surface area contributed by atoms with Gasteiger partial charge in [0.2, 0.25) is 0 Å². The summed E-state index contributed by atoms with van der Waals surface area (Å²) in [5.74, 6) is -1.59. The molecule has 0 saturated carbocycles. The number of rotatable bonds is 6. The number of alkyl halides is 3. The van der Waals surface area contributed by atoms with Gasteiger partial charge in [0.1, 0.15) is 5.70 Å². The summed E-state index contributed by atoms with van der Waals surface area (Å²) >= 11 is 0. The van der Waals surface area contributed by atoms with Crippen LogP contribution in [0.1, 0.15) is 19.4 Å². The molecule has 126 valence electrons. The zero-order chi connectivity index (χ0) is 17.5. The van der Waals surface area contributed by atoms with Crippen LogP contribution in [0, 0.1) is 0 Å². The van der Waals surface area contributed by atoms with Crippen LogP contribution in [0.3, 0.4) is 0 Å². The molecule has 0 radical (unpaired) electrons. The third-order valence-corrected chi connectivity index (χ3v) is 2.54. The molecule has 1 rings (SSSR count). The van der Waals surface area contributed by atoms with Gasteiger partial charge in [-0.3, -0.25) is 0 Å². The van der Waals surface area contributed by atoms with Crippen molar-refractivity contribution in [3.05, 3.63) is 41.6 Å². The lowest BCUT2D eigenvalue weighted by Crippen LogP contribution is -2.17. The molecule has 0 aliphatic rings. The van der Waals surface area contributed by atoms with Crippen LogP contribution < -0.4 is 5.32 Å². The summed E-state index contributed by atoms with van der Waals surface area (Å²) in [6, 6.07) is 3.99. The summed E-state index contributed by atoms with van der Waals surface area (Å²) in [5.41, 5.74) is -0.859. The molecule has 0 aliphatic carbocycles. The van der Waals surface area contributed by atoms with Gasteiger partial charge in [-0.05, 0) is 38.1 Å². The van der Waals surface area contributed by atoms with E-state index in [2.05, 4.69) is 5.32 Å². The van der Waals surface area contributed by atoms with Crippen LogP contribution in [0.4, 0.5) is 18.9 Å². The average Bonchev–Trinajstić information content (AvgIpc) is 2.46. The molecular formula is C15H16F3NO4. The lowest BCUT2D eigenvalue weighted by Gasteiger charge is -2.11. The maximum absolute atomic E-state index is 12.5. The van der Waals surface area contributed by atoms with Gasteiger partial charge in [-0.1, -0.05) is 0 Å². The van der Waals surface area contributed by atoms with Crippen molar-refractivity contribution in [2.75, 3.05) is 18.5 Å². The summed E-state index contributed by atoms with van der Waals surface area (Å²) in [6.07, 6.45) is -3.57. The quantitative estimate of drug-likeness (QED) is 0.641.